The SMILES string of the molecule is CC(=O)OCCOC(C)c1nc(C(C)C)c(Sc2cccc([N+](=O)[O-])c2)[nH]1. The molecule has 0 aliphatic rings. The van der Waals surface area contributed by atoms with E-state index in [1.165, 1.54) is 30.8 Å². The van der Waals surface area contributed by atoms with Crippen molar-refractivity contribution < 1.29 is 19.2 Å². The zero-order chi connectivity index (χ0) is 20.0. The summed E-state index contributed by atoms with van der Waals surface area (Å²) in [5.41, 5.74) is 0.921. The molecule has 1 heterocycles. The molecule has 8 nitrogen and oxygen atoms in total. The third-order valence-corrected chi connectivity index (χ3v) is 4.66. The second-order valence-electron chi connectivity index (χ2n) is 6.20. The molecule has 0 saturated heterocycles. The van der Waals surface area contributed by atoms with Gasteiger partial charge in [0.15, 0.2) is 0 Å². The third-order valence-electron chi connectivity index (χ3n) is 3.65. The van der Waals surface area contributed by atoms with Crippen LogP contribution in [0.25, 0.3) is 0 Å². The highest BCUT2D eigenvalue weighted by Crippen LogP contribution is 2.35. The van der Waals surface area contributed by atoms with Gasteiger partial charge in [-0.2, -0.15) is 0 Å². The minimum Gasteiger partial charge on any atom is -0.463 e. The Hall–Kier alpha value is -2.39. The molecule has 1 unspecified atom stereocenters. The third kappa shape index (κ3) is 6.07. The molecule has 0 spiro atoms. The maximum absolute atomic E-state index is 11.0. The minimum absolute atomic E-state index is 0.0491. The van der Waals surface area contributed by atoms with Crippen molar-refractivity contribution in [3.63, 3.8) is 0 Å². The number of H-pyrrole nitrogens is 1. The van der Waals surface area contributed by atoms with Gasteiger partial charge in [-0.25, -0.2) is 4.98 Å². The molecule has 0 radical (unpaired) electrons. The van der Waals surface area contributed by atoms with Gasteiger partial charge < -0.3 is 14.5 Å². The first-order chi connectivity index (χ1) is 12.8. The normalized spacial score (nSPS) is 12.2. The molecule has 1 aromatic carbocycles. The highest BCUT2D eigenvalue weighted by molar-refractivity contribution is 7.99. The standard InChI is InChI=1S/C18H23N3O5S/c1-11(2)16-18(27-15-7-5-6-14(10-15)21(23)24)20-17(19-16)12(3)25-8-9-26-13(4)22/h5-7,10-12H,8-9H2,1-4H3,(H,19,20). The van der Waals surface area contributed by atoms with Crippen LogP contribution in [0.2, 0.25) is 0 Å². The van der Waals surface area contributed by atoms with Crippen molar-refractivity contribution in [2.45, 2.75) is 49.6 Å². The first kappa shape index (κ1) is 20.9. The highest BCUT2D eigenvalue weighted by Gasteiger charge is 2.19. The summed E-state index contributed by atoms with van der Waals surface area (Å²) in [4.78, 5) is 30.0. The summed E-state index contributed by atoms with van der Waals surface area (Å²) in [6.07, 6.45) is -0.308. The van der Waals surface area contributed by atoms with Crippen LogP contribution in [-0.2, 0) is 14.3 Å². The molecule has 0 aliphatic carbocycles. The monoisotopic (exact) mass is 393 g/mol. The Bertz CT molecular complexity index is 806. The van der Waals surface area contributed by atoms with Crippen LogP contribution in [0.5, 0.6) is 0 Å². The summed E-state index contributed by atoms with van der Waals surface area (Å²) in [7, 11) is 0. The zero-order valence-electron chi connectivity index (χ0n) is 15.7. The van der Waals surface area contributed by atoms with Gasteiger partial charge in [0.05, 0.1) is 17.2 Å². The number of benzene rings is 1. The number of hydrogen-bond donors (Lipinski definition) is 1. The van der Waals surface area contributed by atoms with E-state index >= 15 is 0 Å². The molecule has 27 heavy (non-hydrogen) atoms. The summed E-state index contributed by atoms with van der Waals surface area (Å²) in [5.74, 6) is 0.487. The minimum atomic E-state index is -0.412. The predicted octanol–water partition coefficient (Wildman–Crippen LogP) is 4.23. The first-order valence-corrected chi connectivity index (χ1v) is 9.36. The van der Waals surface area contributed by atoms with E-state index in [0.29, 0.717) is 5.82 Å². The second kappa shape index (κ2) is 9.52. The largest absolute Gasteiger partial charge is 0.463 e. The van der Waals surface area contributed by atoms with E-state index < -0.39 is 4.92 Å². The van der Waals surface area contributed by atoms with Crippen LogP contribution in [0.4, 0.5) is 5.69 Å². The molecule has 0 fully saturated rings. The molecule has 0 saturated carbocycles. The van der Waals surface area contributed by atoms with E-state index in [1.807, 2.05) is 26.8 Å². The molecule has 0 amide bonds. The lowest BCUT2D eigenvalue weighted by molar-refractivity contribution is -0.385. The van der Waals surface area contributed by atoms with Gasteiger partial charge in [0, 0.05) is 24.0 Å². The average Bonchev–Trinajstić information content (AvgIpc) is 3.02. The van der Waals surface area contributed by atoms with Crippen LogP contribution in [0.1, 0.15) is 51.2 Å². The number of imidazole rings is 1. The summed E-state index contributed by atoms with van der Waals surface area (Å²) in [6, 6.07) is 6.48. The van der Waals surface area contributed by atoms with Crippen molar-refractivity contribution in [3.8, 4) is 0 Å². The van der Waals surface area contributed by atoms with E-state index in [0.717, 1.165) is 15.6 Å². The predicted molar refractivity (Wildman–Crippen MR) is 101 cm³/mol. The van der Waals surface area contributed by atoms with E-state index in [2.05, 4.69) is 9.97 Å². The number of nitro groups is 1. The van der Waals surface area contributed by atoms with Gasteiger partial charge in [-0.15, -0.1) is 0 Å². The Morgan fingerprint density at radius 2 is 2.07 bits per heavy atom. The molecule has 0 aliphatic heterocycles. The number of nitrogens with zero attached hydrogens (tertiary/aromatic N) is 2. The van der Waals surface area contributed by atoms with Crippen molar-refractivity contribution in [3.05, 3.63) is 45.9 Å². The smallest absolute Gasteiger partial charge is 0.302 e. The number of carbonyl (C=O) groups is 1. The van der Waals surface area contributed by atoms with Crippen LogP contribution in [0.3, 0.4) is 0 Å². The number of ether oxygens (including phenoxy) is 2. The lowest BCUT2D eigenvalue weighted by Gasteiger charge is -2.10. The summed E-state index contributed by atoms with van der Waals surface area (Å²) >= 11 is 1.40. The molecule has 9 heteroatoms. The number of hydrogen-bond acceptors (Lipinski definition) is 7. The van der Waals surface area contributed by atoms with Crippen LogP contribution < -0.4 is 0 Å². The van der Waals surface area contributed by atoms with Crippen molar-refractivity contribution >= 4 is 23.4 Å². The molecular formula is C18H23N3O5S. The molecule has 2 rings (SSSR count). The highest BCUT2D eigenvalue weighted by atomic mass is 32.2. The Morgan fingerprint density at radius 1 is 1.33 bits per heavy atom. The quantitative estimate of drug-likeness (QED) is 0.294. The number of carbonyl (C=O) groups excluding carboxylic acids is 1. The molecular weight excluding hydrogens is 370 g/mol. The number of rotatable bonds is 9. The number of nitrogens with one attached hydrogen (secondary N) is 1. The van der Waals surface area contributed by atoms with E-state index in [1.54, 1.807) is 6.07 Å². The number of aromatic amines is 1. The summed E-state index contributed by atoms with van der Waals surface area (Å²) in [5, 5.41) is 11.8. The van der Waals surface area contributed by atoms with E-state index in [-0.39, 0.29) is 36.9 Å². The fourth-order valence-electron chi connectivity index (χ4n) is 2.32. The van der Waals surface area contributed by atoms with Gasteiger partial charge in [0.1, 0.15) is 23.6 Å². The van der Waals surface area contributed by atoms with Crippen LogP contribution >= 0.6 is 11.8 Å². The van der Waals surface area contributed by atoms with Crippen molar-refractivity contribution in [2.75, 3.05) is 13.2 Å². The number of esters is 1. The van der Waals surface area contributed by atoms with Crippen LogP contribution in [-0.4, -0.2) is 34.1 Å². The molecule has 146 valence electrons. The van der Waals surface area contributed by atoms with Gasteiger partial charge in [-0.3, -0.25) is 14.9 Å². The molecule has 1 atom stereocenters. The number of nitro benzene ring substituents is 1. The Kier molecular flexibility index (Phi) is 7.37. The zero-order valence-corrected chi connectivity index (χ0v) is 16.5. The molecule has 1 N–H and O–H groups in total. The maximum atomic E-state index is 11.0. The lowest BCUT2D eigenvalue weighted by atomic mass is 10.2. The molecule has 0 bridgehead atoms. The Labute approximate surface area is 161 Å². The van der Waals surface area contributed by atoms with Crippen molar-refractivity contribution in [1.29, 1.82) is 0 Å². The van der Waals surface area contributed by atoms with Gasteiger partial charge in [0.2, 0.25) is 0 Å². The fraction of sp³-hybridized carbons (Fsp3) is 0.444. The summed E-state index contributed by atoms with van der Waals surface area (Å²) in [6.45, 7) is 7.73. The first-order valence-electron chi connectivity index (χ1n) is 8.55. The Morgan fingerprint density at radius 3 is 2.70 bits per heavy atom. The van der Waals surface area contributed by atoms with Gasteiger partial charge in [-0.1, -0.05) is 31.7 Å². The lowest BCUT2D eigenvalue weighted by Crippen LogP contribution is -2.10. The maximum Gasteiger partial charge on any atom is 0.302 e. The topological polar surface area (TPSA) is 107 Å². The average molecular weight is 393 g/mol. The van der Waals surface area contributed by atoms with Gasteiger partial charge in [-0.05, 0) is 18.9 Å². The van der Waals surface area contributed by atoms with Crippen molar-refractivity contribution in [2.24, 2.45) is 0 Å². The van der Waals surface area contributed by atoms with Gasteiger partial charge in [0.25, 0.3) is 5.69 Å². The van der Waals surface area contributed by atoms with E-state index in [9.17, 15) is 14.9 Å². The van der Waals surface area contributed by atoms with Crippen molar-refractivity contribution in [1.82, 2.24) is 9.97 Å². The summed E-state index contributed by atoms with van der Waals surface area (Å²) < 4.78 is 10.5. The van der Waals surface area contributed by atoms with Crippen LogP contribution in [0.15, 0.2) is 34.2 Å². The van der Waals surface area contributed by atoms with Crippen LogP contribution in [0, 0.1) is 10.1 Å². The Balaban J connectivity index is 2.13. The van der Waals surface area contributed by atoms with Gasteiger partial charge >= 0.3 is 5.97 Å². The second-order valence-corrected chi connectivity index (χ2v) is 7.28. The van der Waals surface area contributed by atoms with E-state index in [4.69, 9.17) is 9.47 Å². The molecule has 1 aromatic heterocycles. The fourth-order valence-corrected chi connectivity index (χ4v) is 3.42. The number of non-ortho nitro benzene ring substituents is 1. The molecule has 2 aromatic rings. The number of aromatic nitrogens is 2.